The molecule has 1 heterocycles. The van der Waals surface area contributed by atoms with Gasteiger partial charge in [0.05, 0.1) is 6.21 Å². The molecule has 0 N–H and O–H groups in total. The van der Waals surface area contributed by atoms with Crippen LogP contribution >= 0.6 is 0 Å². The lowest BCUT2D eigenvalue weighted by molar-refractivity contribution is 0.491. The minimum absolute atomic E-state index is 0.433. The molecular formula is C7H5FN2. The van der Waals surface area contributed by atoms with Gasteiger partial charge in [0.25, 0.3) is 0 Å². The zero-order chi connectivity index (χ0) is 6.97. The van der Waals surface area contributed by atoms with Crippen LogP contribution < -0.4 is 0 Å². The summed E-state index contributed by atoms with van der Waals surface area (Å²) in [4.78, 5) is 0. The van der Waals surface area contributed by atoms with Gasteiger partial charge in [0.15, 0.2) is 6.17 Å². The van der Waals surface area contributed by atoms with E-state index < -0.39 is 6.17 Å². The maximum absolute atomic E-state index is 12.8. The van der Waals surface area contributed by atoms with Crippen molar-refractivity contribution in [2.45, 2.75) is 6.17 Å². The van der Waals surface area contributed by atoms with E-state index in [1.807, 2.05) is 0 Å². The Kier molecular flexibility index (Phi) is 1.03. The highest BCUT2D eigenvalue weighted by Crippen LogP contribution is 2.15. The minimum Gasteiger partial charge on any atom is -0.236 e. The van der Waals surface area contributed by atoms with Gasteiger partial charge in [-0.15, -0.1) is 0 Å². The lowest BCUT2D eigenvalue weighted by atomic mass is 10.0. The van der Waals surface area contributed by atoms with E-state index in [1.54, 1.807) is 18.4 Å². The highest BCUT2D eigenvalue weighted by molar-refractivity contribution is 6.21. The standard InChI is InChI=1S/C7H5FN2/c8-6-3-1-2-5-4-9-10-7(5)6/h1-4,6H/t6-/m0/s1. The van der Waals surface area contributed by atoms with Crippen molar-refractivity contribution in [2.24, 2.45) is 10.2 Å². The lowest BCUT2D eigenvalue weighted by Gasteiger charge is -2.05. The average molecular weight is 136 g/mol. The van der Waals surface area contributed by atoms with Crippen molar-refractivity contribution in [3.05, 3.63) is 23.8 Å². The summed E-state index contributed by atoms with van der Waals surface area (Å²) in [5, 5.41) is 7.22. The molecule has 2 aliphatic rings. The second-order valence-electron chi connectivity index (χ2n) is 2.14. The molecule has 1 aliphatic heterocycles. The Labute approximate surface area is 57.5 Å². The molecule has 0 radical (unpaired) electrons. The molecule has 1 atom stereocenters. The van der Waals surface area contributed by atoms with Crippen molar-refractivity contribution in [1.82, 2.24) is 0 Å². The monoisotopic (exact) mass is 136 g/mol. The Morgan fingerprint density at radius 2 is 2.40 bits per heavy atom. The van der Waals surface area contributed by atoms with Gasteiger partial charge in [0, 0.05) is 5.57 Å². The zero-order valence-electron chi connectivity index (χ0n) is 5.16. The molecule has 0 spiro atoms. The van der Waals surface area contributed by atoms with Crippen molar-refractivity contribution < 1.29 is 4.39 Å². The van der Waals surface area contributed by atoms with Crippen molar-refractivity contribution in [2.75, 3.05) is 0 Å². The molecule has 0 unspecified atom stereocenters. The fourth-order valence-corrected chi connectivity index (χ4v) is 0.968. The van der Waals surface area contributed by atoms with Crippen LogP contribution in [0.1, 0.15) is 0 Å². The van der Waals surface area contributed by atoms with Crippen LogP contribution in [0.3, 0.4) is 0 Å². The van der Waals surface area contributed by atoms with Crippen LogP contribution in [-0.2, 0) is 0 Å². The molecule has 0 fully saturated rings. The van der Waals surface area contributed by atoms with Crippen molar-refractivity contribution in [3.63, 3.8) is 0 Å². The number of nitrogens with zero attached hydrogens (tertiary/aromatic N) is 2. The topological polar surface area (TPSA) is 24.7 Å². The highest BCUT2D eigenvalue weighted by Gasteiger charge is 2.20. The Bertz CT molecular complexity index is 273. The van der Waals surface area contributed by atoms with Gasteiger partial charge in [-0.05, 0) is 6.08 Å². The van der Waals surface area contributed by atoms with Crippen LogP contribution in [0.2, 0.25) is 0 Å². The van der Waals surface area contributed by atoms with Crippen LogP contribution in [0, 0.1) is 0 Å². The van der Waals surface area contributed by atoms with E-state index in [1.165, 1.54) is 6.08 Å². The van der Waals surface area contributed by atoms with Gasteiger partial charge in [-0.25, -0.2) is 4.39 Å². The molecular weight excluding hydrogens is 131 g/mol. The Hall–Kier alpha value is -1.25. The van der Waals surface area contributed by atoms with Gasteiger partial charge in [0.2, 0.25) is 0 Å². The molecule has 0 aromatic rings. The van der Waals surface area contributed by atoms with Gasteiger partial charge < -0.3 is 0 Å². The fourth-order valence-electron chi connectivity index (χ4n) is 0.968. The lowest BCUT2D eigenvalue weighted by Crippen LogP contribution is -2.16. The quantitative estimate of drug-likeness (QED) is 0.479. The first-order valence-corrected chi connectivity index (χ1v) is 3.02. The van der Waals surface area contributed by atoms with Crippen molar-refractivity contribution >= 4 is 11.9 Å². The van der Waals surface area contributed by atoms with Crippen LogP contribution in [0.25, 0.3) is 0 Å². The maximum atomic E-state index is 12.8. The van der Waals surface area contributed by atoms with Gasteiger partial charge >= 0.3 is 0 Å². The van der Waals surface area contributed by atoms with E-state index in [0.29, 0.717) is 5.71 Å². The number of allylic oxidation sites excluding steroid dienone is 4. The Morgan fingerprint density at radius 3 is 3.20 bits per heavy atom. The first-order chi connectivity index (χ1) is 4.88. The predicted octanol–water partition coefficient (Wildman–Crippen LogP) is 1.26. The van der Waals surface area contributed by atoms with Gasteiger partial charge in [0.1, 0.15) is 5.71 Å². The van der Waals surface area contributed by atoms with Crippen LogP contribution in [0.15, 0.2) is 34.0 Å². The van der Waals surface area contributed by atoms with E-state index in [4.69, 9.17) is 0 Å². The highest BCUT2D eigenvalue weighted by atomic mass is 19.1. The van der Waals surface area contributed by atoms with E-state index in [-0.39, 0.29) is 0 Å². The van der Waals surface area contributed by atoms with Crippen LogP contribution in [-0.4, -0.2) is 18.1 Å². The van der Waals surface area contributed by atoms with Gasteiger partial charge in [-0.3, -0.25) is 0 Å². The molecule has 10 heavy (non-hydrogen) atoms. The number of alkyl halides is 1. The first kappa shape index (κ1) is 5.53. The third-order valence-corrected chi connectivity index (χ3v) is 1.48. The summed E-state index contributed by atoms with van der Waals surface area (Å²) in [6, 6.07) is 0. The number of hydrogen-bond donors (Lipinski definition) is 0. The molecule has 0 bridgehead atoms. The van der Waals surface area contributed by atoms with Crippen LogP contribution in [0.5, 0.6) is 0 Å². The molecule has 0 amide bonds. The third kappa shape index (κ3) is 0.635. The molecule has 0 saturated heterocycles. The summed E-state index contributed by atoms with van der Waals surface area (Å²) in [7, 11) is 0. The molecule has 0 aromatic heterocycles. The second-order valence-corrected chi connectivity index (χ2v) is 2.14. The Morgan fingerprint density at radius 1 is 1.50 bits per heavy atom. The summed E-state index contributed by atoms with van der Waals surface area (Å²) in [5.41, 5.74) is 1.22. The second kappa shape index (κ2) is 1.87. The molecule has 1 aliphatic carbocycles. The summed E-state index contributed by atoms with van der Waals surface area (Å²) in [6.45, 7) is 0. The maximum Gasteiger partial charge on any atom is 0.163 e. The summed E-state index contributed by atoms with van der Waals surface area (Å²) >= 11 is 0. The SMILES string of the molecule is F[C@H]1C=CC=C2C=NN=C21. The molecule has 0 aromatic carbocycles. The number of hydrogen-bond acceptors (Lipinski definition) is 2. The molecule has 0 saturated carbocycles. The minimum atomic E-state index is -1.07. The summed E-state index contributed by atoms with van der Waals surface area (Å²) < 4.78 is 12.8. The van der Waals surface area contributed by atoms with E-state index in [9.17, 15) is 4.39 Å². The normalized spacial score (nSPS) is 27.9. The molecule has 2 rings (SSSR count). The molecule has 2 nitrogen and oxygen atoms in total. The number of rotatable bonds is 0. The largest absolute Gasteiger partial charge is 0.236 e. The van der Waals surface area contributed by atoms with Crippen molar-refractivity contribution in [1.29, 1.82) is 0 Å². The van der Waals surface area contributed by atoms with Gasteiger partial charge in [-0.1, -0.05) is 12.2 Å². The van der Waals surface area contributed by atoms with Crippen LogP contribution in [0.4, 0.5) is 4.39 Å². The smallest absolute Gasteiger partial charge is 0.163 e. The zero-order valence-corrected chi connectivity index (χ0v) is 5.16. The Balaban J connectivity index is 2.45. The fraction of sp³-hybridized carbons (Fsp3) is 0.143. The third-order valence-electron chi connectivity index (χ3n) is 1.48. The van der Waals surface area contributed by atoms with E-state index in [2.05, 4.69) is 10.2 Å². The average Bonchev–Trinajstić information content (AvgIpc) is 2.36. The van der Waals surface area contributed by atoms with E-state index >= 15 is 0 Å². The first-order valence-electron chi connectivity index (χ1n) is 3.02. The summed E-state index contributed by atoms with van der Waals surface area (Å²) in [5.74, 6) is 0. The molecule has 3 heteroatoms. The number of halogens is 1. The predicted molar refractivity (Wildman–Crippen MR) is 38.0 cm³/mol. The van der Waals surface area contributed by atoms with Gasteiger partial charge in [-0.2, -0.15) is 10.2 Å². The molecule has 50 valence electrons. The van der Waals surface area contributed by atoms with E-state index in [0.717, 1.165) is 5.57 Å². The van der Waals surface area contributed by atoms with Crippen molar-refractivity contribution in [3.8, 4) is 0 Å². The number of fused-ring (bicyclic) bond motifs is 1. The summed E-state index contributed by atoms with van der Waals surface area (Å²) in [6.07, 6.45) is 5.42.